The molecular formula is C22H29BrClN5O2. The smallest absolute Gasteiger partial charge is 0.268 e. The second-order valence-electron chi connectivity index (χ2n) is 8.25. The summed E-state index contributed by atoms with van der Waals surface area (Å²) < 4.78 is 2.59. The lowest BCUT2D eigenvalue weighted by molar-refractivity contribution is -0.116. The molecule has 7 nitrogen and oxygen atoms in total. The average Bonchev–Trinajstić information content (AvgIpc) is 2.93. The van der Waals surface area contributed by atoms with E-state index in [4.69, 9.17) is 11.6 Å². The number of halogens is 2. The SMILES string of the molecule is Cc1c(Br)c(C)n(CC(=O)Nc2ccc(Cl)cn2)c1C(=O)NC1CCN(C(C)C)CC1. The Bertz CT molecular complexity index is 950. The Morgan fingerprint density at radius 2 is 1.94 bits per heavy atom. The van der Waals surface area contributed by atoms with Gasteiger partial charge in [0.1, 0.15) is 18.1 Å². The third-order valence-corrected chi connectivity index (χ3v) is 7.18. The number of rotatable bonds is 6. The van der Waals surface area contributed by atoms with Crippen LogP contribution < -0.4 is 10.6 Å². The first kappa shape index (κ1) is 23.8. The monoisotopic (exact) mass is 509 g/mol. The van der Waals surface area contributed by atoms with Crippen molar-refractivity contribution in [2.24, 2.45) is 0 Å². The minimum absolute atomic E-state index is 0.0110. The van der Waals surface area contributed by atoms with Gasteiger partial charge < -0.3 is 20.1 Å². The van der Waals surface area contributed by atoms with E-state index in [1.807, 2.05) is 13.8 Å². The number of carbonyl (C=O) groups excluding carboxylic acids is 2. The number of aromatic nitrogens is 2. The maximum Gasteiger partial charge on any atom is 0.268 e. The number of hydrogen-bond donors (Lipinski definition) is 2. The summed E-state index contributed by atoms with van der Waals surface area (Å²) in [5.41, 5.74) is 2.17. The van der Waals surface area contributed by atoms with Crippen molar-refractivity contribution < 1.29 is 9.59 Å². The Kier molecular flexibility index (Phi) is 7.78. The quantitative estimate of drug-likeness (QED) is 0.612. The number of carbonyl (C=O) groups is 2. The van der Waals surface area contributed by atoms with Gasteiger partial charge in [0, 0.05) is 41.5 Å². The minimum atomic E-state index is -0.264. The normalized spacial score (nSPS) is 15.3. The molecule has 2 N–H and O–H groups in total. The molecule has 0 saturated carbocycles. The summed E-state index contributed by atoms with van der Waals surface area (Å²) in [6.07, 6.45) is 3.32. The van der Waals surface area contributed by atoms with E-state index >= 15 is 0 Å². The van der Waals surface area contributed by atoms with Crippen molar-refractivity contribution in [1.82, 2.24) is 19.8 Å². The Labute approximate surface area is 196 Å². The van der Waals surface area contributed by atoms with E-state index < -0.39 is 0 Å². The number of likely N-dealkylation sites (tertiary alicyclic amines) is 1. The molecular weight excluding hydrogens is 482 g/mol. The molecule has 3 rings (SSSR count). The molecule has 0 spiro atoms. The van der Waals surface area contributed by atoms with Crippen molar-refractivity contribution in [3.63, 3.8) is 0 Å². The van der Waals surface area contributed by atoms with Crippen molar-refractivity contribution >= 4 is 45.2 Å². The Morgan fingerprint density at radius 3 is 2.52 bits per heavy atom. The van der Waals surface area contributed by atoms with Crippen molar-refractivity contribution in [2.45, 2.75) is 59.2 Å². The van der Waals surface area contributed by atoms with Gasteiger partial charge in [-0.3, -0.25) is 9.59 Å². The lowest BCUT2D eigenvalue weighted by Gasteiger charge is -2.34. The molecule has 1 saturated heterocycles. The molecule has 1 fully saturated rings. The highest BCUT2D eigenvalue weighted by Gasteiger charge is 2.27. The maximum atomic E-state index is 13.2. The van der Waals surface area contributed by atoms with E-state index in [1.54, 1.807) is 16.7 Å². The zero-order valence-corrected chi connectivity index (χ0v) is 20.7. The van der Waals surface area contributed by atoms with Crippen LogP contribution >= 0.6 is 27.5 Å². The average molecular weight is 511 g/mol. The zero-order valence-electron chi connectivity index (χ0n) is 18.3. The number of amides is 2. The highest BCUT2D eigenvalue weighted by Crippen LogP contribution is 2.28. The molecule has 9 heteroatoms. The maximum absolute atomic E-state index is 13.2. The van der Waals surface area contributed by atoms with Crippen LogP contribution in [-0.4, -0.2) is 51.4 Å². The highest BCUT2D eigenvalue weighted by atomic mass is 79.9. The van der Waals surface area contributed by atoms with Gasteiger partial charge in [-0.1, -0.05) is 11.6 Å². The molecule has 168 valence electrons. The standard InChI is InChI=1S/C22H29BrClN5O2/c1-13(2)28-9-7-17(8-10-28)26-22(31)21-14(3)20(23)15(4)29(21)12-19(30)27-18-6-5-16(24)11-25-18/h5-6,11,13,17H,7-10,12H2,1-4H3,(H,26,31)(H,25,27,30). The van der Waals surface area contributed by atoms with E-state index in [2.05, 4.69) is 50.3 Å². The van der Waals surface area contributed by atoms with E-state index in [1.165, 1.54) is 6.20 Å². The van der Waals surface area contributed by atoms with E-state index in [0.29, 0.717) is 22.6 Å². The van der Waals surface area contributed by atoms with Gasteiger partial charge >= 0.3 is 0 Å². The molecule has 3 heterocycles. The number of nitrogens with one attached hydrogen (secondary N) is 2. The molecule has 2 aromatic heterocycles. The Morgan fingerprint density at radius 1 is 1.26 bits per heavy atom. The molecule has 2 aromatic rings. The van der Waals surface area contributed by atoms with Crippen LogP contribution in [0.15, 0.2) is 22.8 Å². The van der Waals surface area contributed by atoms with Gasteiger partial charge in [-0.05, 0) is 74.2 Å². The van der Waals surface area contributed by atoms with Crippen LogP contribution in [0.5, 0.6) is 0 Å². The predicted octanol–water partition coefficient (Wildman–Crippen LogP) is 4.16. The first-order chi connectivity index (χ1) is 14.7. The third-order valence-electron chi connectivity index (χ3n) is 5.78. The van der Waals surface area contributed by atoms with Gasteiger partial charge in [-0.2, -0.15) is 0 Å². The van der Waals surface area contributed by atoms with Crippen LogP contribution in [0.1, 0.15) is 48.4 Å². The molecule has 0 bridgehead atoms. The third kappa shape index (κ3) is 5.67. The summed E-state index contributed by atoms with van der Waals surface area (Å²) in [5, 5.41) is 6.43. The molecule has 1 aliphatic rings. The fourth-order valence-corrected chi connectivity index (χ4v) is 4.46. The van der Waals surface area contributed by atoms with Crippen LogP contribution in [-0.2, 0) is 11.3 Å². The van der Waals surface area contributed by atoms with E-state index in [9.17, 15) is 9.59 Å². The predicted molar refractivity (Wildman–Crippen MR) is 127 cm³/mol. The molecule has 1 aliphatic heterocycles. The fraction of sp³-hybridized carbons (Fsp3) is 0.500. The van der Waals surface area contributed by atoms with Gasteiger partial charge in [0.15, 0.2) is 0 Å². The number of anilines is 1. The highest BCUT2D eigenvalue weighted by molar-refractivity contribution is 9.10. The lowest BCUT2D eigenvalue weighted by Crippen LogP contribution is -2.47. The summed E-state index contributed by atoms with van der Waals surface area (Å²) in [6, 6.07) is 3.95. The van der Waals surface area contributed by atoms with Crippen LogP contribution in [0, 0.1) is 13.8 Å². The topological polar surface area (TPSA) is 79.3 Å². The van der Waals surface area contributed by atoms with Crippen LogP contribution in [0.25, 0.3) is 0 Å². The summed E-state index contributed by atoms with van der Waals surface area (Å²) in [5.74, 6) is 0.00402. The second-order valence-corrected chi connectivity index (χ2v) is 9.48. The van der Waals surface area contributed by atoms with E-state index in [0.717, 1.165) is 41.7 Å². The molecule has 2 amide bonds. The van der Waals surface area contributed by atoms with E-state index in [-0.39, 0.29) is 24.4 Å². The van der Waals surface area contributed by atoms with Crippen molar-refractivity contribution in [3.05, 3.63) is 44.8 Å². The van der Waals surface area contributed by atoms with Crippen LogP contribution in [0.2, 0.25) is 5.02 Å². The number of hydrogen-bond acceptors (Lipinski definition) is 4. The van der Waals surface area contributed by atoms with Gasteiger partial charge in [-0.15, -0.1) is 0 Å². The van der Waals surface area contributed by atoms with Crippen molar-refractivity contribution in [2.75, 3.05) is 18.4 Å². The second kappa shape index (κ2) is 10.1. The first-order valence-corrected chi connectivity index (χ1v) is 11.7. The molecule has 0 atom stereocenters. The largest absolute Gasteiger partial charge is 0.348 e. The molecule has 0 radical (unpaired) electrons. The summed E-state index contributed by atoms with van der Waals surface area (Å²) in [4.78, 5) is 32.4. The molecule has 0 aromatic carbocycles. The van der Waals surface area contributed by atoms with Crippen molar-refractivity contribution in [3.8, 4) is 0 Å². The fourth-order valence-electron chi connectivity index (χ4n) is 3.94. The number of piperidine rings is 1. The van der Waals surface area contributed by atoms with Gasteiger partial charge in [0.25, 0.3) is 5.91 Å². The molecule has 31 heavy (non-hydrogen) atoms. The Balaban J connectivity index is 1.72. The molecule has 0 aliphatic carbocycles. The zero-order chi connectivity index (χ0) is 22.7. The summed E-state index contributed by atoms with van der Waals surface area (Å²) in [7, 11) is 0. The van der Waals surface area contributed by atoms with Gasteiger partial charge in [0.2, 0.25) is 5.91 Å². The summed E-state index contributed by atoms with van der Waals surface area (Å²) >= 11 is 9.41. The van der Waals surface area contributed by atoms with Crippen LogP contribution in [0.3, 0.4) is 0 Å². The lowest BCUT2D eigenvalue weighted by atomic mass is 10.0. The minimum Gasteiger partial charge on any atom is -0.348 e. The number of nitrogens with zero attached hydrogens (tertiary/aromatic N) is 3. The van der Waals surface area contributed by atoms with Crippen LogP contribution in [0.4, 0.5) is 5.82 Å². The Hall–Kier alpha value is -1.90. The van der Waals surface area contributed by atoms with Crippen molar-refractivity contribution in [1.29, 1.82) is 0 Å². The number of pyridine rings is 1. The van der Waals surface area contributed by atoms with Gasteiger partial charge in [0.05, 0.1) is 5.02 Å². The summed E-state index contributed by atoms with van der Waals surface area (Å²) in [6.45, 7) is 10.1. The first-order valence-electron chi connectivity index (χ1n) is 10.5. The molecule has 0 unspecified atom stereocenters. The van der Waals surface area contributed by atoms with Gasteiger partial charge in [-0.25, -0.2) is 4.98 Å².